The number of benzene rings is 1. The summed E-state index contributed by atoms with van der Waals surface area (Å²) in [6, 6.07) is 9.56. The standard InChI is InChI=1S/C17H26N2/c1-13-6-2-3-9-15(13)16(18)12-19-11-5-8-14-7-4-10-17(14)19/h2-3,6,9,14,16-17H,4-5,7-8,10-12,18H2,1H3. The van der Waals surface area contributed by atoms with Crippen LogP contribution < -0.4 is 5.73 Å². The lowest BCUT2D eigenvalue weighted by atomic mass is 9.91. The third kappa shape index (κ3) is 2.70. The minimum Gasteiger partial charge on any atom is -0.323 e. The summed E-state index contributed by atoms with van der Waals surface area (Å²) in [6.07, 6.45) is 7.07. The van der Waals surface area contributed by atoms with Crippen LogP contribution in [-0.2, 0) is 0 Å². The summed E-state index contributed by atoms with van der Waals surface area (Å²) in [6.45, 7) is 4.45. The predicted octanol–water partition coefficient (Wildman–Crippen LogP) is 3.26. The van der Waals surface area contributed by atoms with Gasteiger partial charge in [-0.2, -0.15) is 0 Å². The van der Waals surface area contributed by atoms with E-state index in [1.54, 1.807) is 0 Å². The summed E-state index contributed by atoms with van der Waals surface area (Å²) >= 11 is 0. The lowest BCUT2D eigenvalue weighted by Gasteiger charge is -2.39. The van der Waals surface area contributed by atoms with Gasteiger partial charge < -0.3 is 5.73 Å². The van der Waals surface area contributed by atoms with Gasteiger partial charge in [-0.05, 0) is 56.2 Å². The number of aryl methyl sites for hydroxylation is 1. The molecule has 19 heavy (non-hydrogen) atoms. The lowest BCUT2D eigenvalue weighted by Crippen LogP contribution is -2.45. The second-order valence-corrected chi connectivity index (χ2v) is 6.36. The fourth-order valence-corrected chi connectivity index (χ4v) is 4.14. The van der Waals surface area contributed by atoms with Crippen molar-refractivity contribution in [3.8, 4) is 0 Å². The van der Waals surface area contributed by atoms with Crippen molar-refractivity contribution in [3.63, 3.8) is 0 Å². The number of hydrogen-bond donors (Lipinski definition) is 1. The Morgan fingerprint density at radius 1 is 1.21 bits per heavy atom. The molecule has 3 rings (SSSR count). The molecule has 0 radical (unpaired) electrons. The van der Waals surface area contributed by atoms with E-state index in [4.69, 9.17) is 5.73 Å². The molecule has 2 fully saturated rings. The van der Waals surface area contributed by atoms with E-state index in [-0.39, 0.29) is 6.04 Å². The highest BCUT2D eigenvalue weighted by Gasteiger charge is 2.35. The zero-order valence-corrected chi connectivity index (χ0v) is 12.0. The van der Waals surface area contributed by atoms with E-state index in [1.807, 2.05) is 0 Å². The number of likely N-dealkylation sites (tertiary alicyclic amines) is 1. The highest BCUT2D eigenvalue weighted by Crippen LogP contribution is 2.37. The van der Waals surface area contributed by atoms with E-state index < -0.39 is 0 Å². The van der Waals surface area contributed by atoms with E-state index in [1.165, 1.54) is 49.8 Å². The van der Waals surface area contributed by atoms with Gasteiger partial charge in [0, 0.05) is 18.6 Å². The van der Waals surface area contributed by atoms with Crippen molar-refractivity contribution in [1.82, 2.24) is 4.90 Å². The molecule has 1 aliphatic heterocycles. The van der Waals surface area contributed by atoms with Gasteiger partial charge in [-0.15, -0.1) is 0 Å². The SMILES string of the molecule is Cc1ccccc1C(N)CN1CCCC2CCCC21. The molecule has 2 N–H and O–H groups in total. The van der Waals surface area contributed by atoms with Crippen LogP contribution in [0.15, 0.2) is 24.3 Å². The lowest BCUT2D eigenvalue weighted by molar-refractivity contribution is 0.106. The molecule has 1 aromatic carbocycles. The minimum atomic E-state index is 0.167. The summed E-state index contributed by atoms with van der Waals surface area (Å²) in [7, 11) is 0. The van der Waals surface area contributed by atoms with Crippen molar-refractivity contribution >= 4 is 0 Å². The number of rotatable bonds is 3. The largest absolute Gasteiger partial charge is 0.323 e. The van der Waals surface area contributed by atoms with E-state index in [9.17, 15) is 0 Å². The van der Waals surface area contributed by atoms with E-state index >= 15 is 0 Å². The highest BCUT2D eigenvalue weighted by atomic mass is 15.2. The number of fused-ring (bicyclic) bond motifs is 1. The maximum absolute atomic E-state index is 6.47. The Balaban J connectivity index is 1.69. The molecule has 1 aliphatic carbocycles. The Kier molecular flexibility index (Phi) is 3.90. The molecule has 0 amide bonds. The van der Waals surface area contributed by atoms with Crippen LogP contribution in [0.5, 0.6) is 0 Å². The maximum Gasteiger partial charge on any atom is 0.0427 e. The molecule has 0 bridgehead atoms. The summed E-state index contributed by atoms with van der Waals surface area (Å²) in [5, 5.41) is 0. The molecule has 3 atom stereocenters. The Bertz CT molecular complexity index is 429. The Morgan fingerprint density at radius 2 is 2.00 bits per heavy atom. The van der Waals surface area contributed by atoms with Crippen LogP contribution in [0.4, 0.5) is 0 Å². The van der Waals surface area contributed by atoms with Gasteiger partial charge in [0.05, 0.1) is 0 Å². The van der Waals surface area contributed by atoms with Crippen molar-refractivity contribution < 1.29 is 0 Å². The first kappa shape index (κ1) is 13.1. The normalized spacial score (nSPS) is 29.2. The first-order valence-corrected chi connectivity index (χ1v) is 7.81. The number of piperidine rings is 1. The van der Waals surface area contributed by atoms with Crippen LogP contribution in [0.2, 0.25) is 0 Å². The maximum atomic E-state index is 6.47. The summed E-state index contributed by atoms with van der Waals surface area (Å²) in [4.78, 5) is 2.68. The molecular weight excluding hydrogens is 232 g/mol. The second-order valence-electron chi connectivity index (χ2n) is 6.36. The molecule has 1 heterocycles. The summed E-state index contributed by atoms with van der Waals surface area (Å²) < 4.78 is 0. The van der Waals surface area contributed by atoms with Crippen LogP contribution >= 0.6 is 0 Å². The van der Waals surface area contributed by atoms with Crippen molar-refractivity contribution in [2.45, 2.75) is 51.1 Å². The van der Waals surface area contributed by atoms with Crippen molar-refractivity contribution in [2.24, 2.45) is 11.7 Å². The van der Waals surface area contributed by atoms with Gasteiger partial charge >= 0.3 is 0 Å². The Labute approximate surface area is 117 Å². The summed E-state index contributed by atoms with van der Waals surface area (Å²) in [5.41, 5.74) is 9.12. The second kappa shape index (κ2) is 5.64. The molecule has 104 valence electrons. The molecule has 2 nitrogen and oxygen atoms in total. The molecule has 1 aromatic rings. The molecule has 2 heteroatoms. The van der Waals surface area contributed by atoms with Gasteiger partial charge in [-0.1, -0.05) is 30.7 Å². The van der Waals surface area contributed by atoms with Crippen molar-refractivity contribution in [1.29, 1.82) is 0 Å². The van der Waals surface area contributed by atoms with Crippen LogP contribution in [-0.4, -0.2) is 24.0 Å². The minimum absolute atomic E-state index is 0.167. The zero-order valence-electron chi connectivity index (χ0n) is 12.0. The zero-order chi connectivity index (χ0) is 13.2. The van der Waals surface area contributed by atoms with Gasteiger partial charge in [0.25, 0.3) is 0 Å². The van der Waals surface area contributed by atoms with Crippen LogP contribution in [0, 0.1) is 12.8 Å². The van der Waals surface area contributed by atoms with Gasteiger partial charge in [-0.25, -0.2) is 0 Å². The fraction of sp³-hybridized carbons (Fsp3) is 0.647. The van der Waals surface area contributed by atoms with Gasteiger partial charge in [-0.3, -0.25) is 4.90 Å². The Morgan fingerprint density at radius 3 is 2.84 bits per heavy atom. The Hall–Kier alpha value is -0.860. The van der Waals surface area contributed by atoms with Gasteiger partial charge in [0.2, 0.25) is 0 Å². The average Bonchev–Trinajstić information content (AvgIpc) is 2.88. The highest BCUT2D eigenvalue weighted by molar-refractivity contribution is 5.28. The first-order valence-electron chi connectivity index (χ1n) is 7.81. The number of hydrogen-bond acceptors (Lipinski definition) is 2. The monoisotopic (exact) mass is 258 g/mol. The summed E-state index contributed by atoms with van der Waals surface area (Å²) in [5.74, 6) is 0.956. The number of nitrogens with zero attached hydrogens (tertiary/aromatic N) is 1. The smallest absolute Gasteiger partial charge is 0.0427 e. The van der Waals surface area contributed by atoms with Crippen LogP contribution in [0.1, 0.15) is 49.3 Å². The molecular formula is C17H26N2. The van der Waals surface area contributed by atoms with Crippen molar-refractivity contribution in [2.75, 3.05) is 13.1 Å². The molecule has 1 saturated heterocycles. The molecule has 1 saturated carbocycles. The third-order valence-electron chi connectivity index (χ3n) is 5.13. The molecule has 0 aromatic heterocycles. The fourth-order valence-electron chi connectivity index (χ4n) is 4.14. The first-order chi connectivity index (χ1) is 9.25. The molecule has 0 spiro atoms. The van der Waals surface area contributed by atoms with E-state index in [0.29, 0.717) is 0 Å². The van der Waals surface area contributed by atoms with Gasteiger partial charge in [0.15, 0.2) is 0 Å². The van der Waals surface area contributed by atoms with Crippen molar-refractivity contribution in [3.05, 3.63) is 35.4 Å². The predicted molar refractivity (Wildman–Crippen MR) is 80.0 cm³/mol. The van der Waals surface area contributed by atoms with E-state index in [0.717, 1.165) is 18.5 Å². The average molecular weight is 258 g/mol. The quantitative estimate of drug-likeness (QED) is 0.901. The molecule has 2 aliphatic rings. The molecule has 3 unspecified atom stereocenters. The van der Waals surface area contributed by atoms with Crippen LogP contribution in [0.3, 0.4) is 0 Å². The topological polar surface area (TPSA) is 29.3 Å². The third-order valence-corrected chi connectivity index (χ3v) is 5.13. The van der Waals surface area contributed by atoms with Gasteiger partial charge in [0.1, 0.15) is 0 Å². The van der Waals surface area contributed by atoms with Crippen LogP contribution in [0.25, 0.3) is 0 Å². The number of nitrogens with two attached hydrogens (primary N) is 1. The van der Waals surface area contributed by atoms with E-state index in [2.05, 4.69) is 36.1 Å².